The number of hydrogen-bond donors (Lipinski definition) is 0. The first kappa shape index (κ1) is 13.0. The van der Waals surface area contributed by atoms with Gasteiger partial charge in [0.2, 0.25) is 0 Å². The molecule has 0 atom stereocenters. The van der Waals surface area contributed by atoms with Gasteiger partial charge in [0.15, 0.2) is 12.0 Å². The van der Waals surface area contributed by atoms with Crippen LogP contribution in [0.15, 0.2) is 42.5 Å². The predicted octanol–water partition coefficient (Wildman–Crippen LogP) is 3.85. The van der Waals surface area contributed by atoms with Crippen molar-refractivity contribution in [1.29, 1.82) is 0 Å². The van der Waals surface area contributed by atoms with Gasteiger partial charge in [0.25, 0.3) is 5.69 Å². The molecular weight excluding hydrogens is 270 g/mol. The van der Waals surface area contributed by atoms with Crippen molar-refractivity contribution < 1.29 is 14.5 Å². The summed E-state index contributed by atoms with van der Waals surface area (Å²) in [6.45, 7) is 0. The zero-order chi connectivity index (χ0) is 13.8. The van der Waals surface area contributed by atoms with Crippen LogP contribution >= 0.6 is 11.6 Å². The second-order valence-corrected chi connectivity index (χ2v) is 4.04. The van der Waals surface area contributed by atoms with Crippen LogP contribution in [0.4, 0.5) is 5.69 Å². The Morgan fingerprint density at radius 1 is 1.21 bits per heavy atom. The molecule has 0 aromatic heterocycles. The lowest BCUT2D eigenvalue weighted by atomic mass is 10.2. The van der Waals surface area contributed by atoms with Crippen LogP contribution in [0.5, 0.6) is 11.5 Å². The number of para-hydroxylation sites is 1. The number of nitrogens with zero attached hydrogens (tertiary/aromatic N) is 1. The van der Waals surface area contributed by atoms with E-state index in [9.17, 15) is 14.9 Å². The van der Waals surface area contributed by atoms with E-state index in [4.69, 9.17) is 16.3 Å². The Kier molecular flexibility index (Phi) is 3.77. The van der Waals surface area contributed by atoms with Crippen molar-refractivity contribution in [2.24, 2.45) is 0 Å². The van der Waals surface area contributed by atoms with Crippen molar-refractivity contribution in [2.45, 2.75) is 0 Å². The second kappa shape index (κ2) is 5.49. The van der Waals surface area contributed by atoms with E-state index >= 15 is 0 Å². The quantitative estimate of drug-likeness (QED) is 0.483. The SMILES string of the molecule is O=Cc1cccc(Cl)c1Oc1cccc([N+](=O)[O-])c1. The largest absolute Gasteiger partial charge is 0.455 e. The summed E-state index contributed by atoms with van der Waals surface area (Å²) >= 11 is 5.94. The van der Waals surface area contributed by atoms with Gasteiger partial charge in [-0.3, -0.25) is 14.9 Å². The van der Waals surface area contributed by atoms with Crippen LogP contribution in [-0.4, -0.2) is 11.2 Å². The van der Waals surface area contributed by atoms with Crippen LogP contribution < -0.4 is 4.74 Å². The Morgan fingerprint density at radius 3 is 2.63 bits per heavy atom. The fourth-order valence-electron chi connectivity index (χ4n) is 1.50. The molecule has 0 unspecified atom stereocenters. The third kappa shape index (κ3) is 2.89. The summed E-state index contributed by atoms with van der Waals surface area (Å²) < 4.78 is 5.45. The molecular formula is C13H8ClNO4. The number of halogens is 1. The van der Waals surface area contributed by atoms with Gasteiger partial charge in [-0.25, -0.2) is 0 Å². The Balaban J connectivity index is 2.39. The Hall–Kier alpha value is -2.40. The van der Waals surface area contributed by atoms with E-state index in [0.717, 1.165) is 0 Å². The van der Waals surface area contributed by atoms with Gasteiger partial charge in [0.05, 0.1) is 21.6 Å². The highest BCUT2D eigenvalue weighted by molar-refractivity contribution is 6.32. The predicted molar refractivity (Wildman–Crippen MR) is 70.0 cm³/mol. The highest BCUT2D eigenvalue weighted by Crippen LogP contribution is 2.33. The minimum atomic E-state index is -0.528. The normalized spacial score (nSPS) is 9.95. The topological polar surface area (TPSA) is 69.4 Å². The highest BCUT2D eigenvalue weighted by atomic mass is 35.5. The molecule has 2 aromatic carbocycles. The van der Waals surface area contributed by atoms with Gasteiger partial charge in [-0.1, -0.05) is 23.7 Å². The number of nitro benzene ring substituents is 1. The lowest BCUT2D eigenvalue weighted by Crippen LogP contribution is -1.93. The number of carbonyl (C=O) groups is 1. The molecule has 0 saturated carbocycles. The molecule has 5 nitrogen and oxygen atoms in total. The van der Waals surface area contributed by atoms with E-state index in [0.29, 0.717) is 6.29 Å². The van der Waals surface area contributed by atoms with Gasteiger partial charge in [-0.2, -0.15) is 0 Å². The summed E-state index contributed by atoms with van der Waals surface area (Å²) in [6.07, 6.45) is 0.610. The minimum absolute atomic E-state index is 0.0998. The maximum Gasteiger partial charge on any atom is 0.273 e. The Bertz CT molecular complexity index is 642. The minimum Gasteiger partial charge on any atom is -0.455 e. The summed E-state index contributed by atoms with van der Waals surface area (Å²) in [6, 6.07) is 10.4. The van der Waals surface area contributed by atoms with Crippen LogP contribution in [0.1, 0.15) is 10.4 Å². The van der Waals surface area contributed by atoms with Crippen molar-refractivity contribution in [1.82, 2.24) is 0 Å². The van der Waals surface area contributed by atoms with E-state index in [-0.39, 0.29) is 27.8 Å². The first-order valence-corrected chi connectivity index (χ1v) is 5.65. The molecule has 2 rings (SSSR count). The second-order valence-electron chi connectivity index (χ2n) is 3.63. The Labute approximate surface area is 113 Å². The molecule has 0 saturated heterocycles. The summed E-state index contributed by atoms with van der Waals surface area (Å²) in [4.78, 5) is 21.0. The number of carbonyl (C=O) groups excluding carboxylic acids is 1. The van der Waals surface area contributed by atoms with E-state index in [1.54, 1.807) is 24.3 Å². The van der Waals surface area contributed by atoms with Gasteiger partial charge >= 0.3 is 0 Å². The third-order valence-electron chi connectivity index (χ3n) is 2.37. The van der Waals surface area contributed by atoms with Gasteiger partial charge in [-0.15, -0.1) is 0 Å². The summed E-state index contributed by atoms with van der Waals surface area (Å²) in [5.41, 5.74) is 0.177. The molecule has 0 amide bonds. The standard InChI is InChI=1S/C13H8ClNO4/c14-12-6-1-3-9(8-16)13(12)19-11-5-2-4-10(7-11)15(17)18/h1-8H. The van der Waals surface area contributed by atoms with Crippen molar-refractivity contribution in [3.63, 3.8) is 0 Å². The number of nitro groups is 1. The molecule has 6 heteroatoms. The van der Waals surface area contributed by atoms with Crippen molar-refractivity contribution in [3.8, 4) is 11.5 Å². The third-order valence-corrected chi connectivity index (χ3v) is 2.67. The summed E-state index contributed by atoms with van der Waals surface area (Å²) in [5.74, 6) is 0.421. The molecule has 0 spiro atoms. The number of aldehydes is 1. The van der Waals surface area contributed by atoms with Crippen LogP contribution in [-0.2, 0) is 0 Å². The van der Waals surface area contributed by atoms with Crippen molar-refractivity contribution >= 4 is 23.6 Å². The molecule has 0 radical (unpaired) electrons. The van der Waals surface area contributed by atoms with Crippen LogP contribution in [0.3, 0.4) is 0 Å². The molecule has 0 fully saturated rings. The van der Waals surface area contributed by atoms with Crippen molar-refractivity contribution in [2.75, 3.05) is 0 Å². The number of hydrogen-bond acceptors (Lipinski definition) is 4. The van der Waals surface area contributed by atoms with E-state index in [1.165, 1.54) is 18.2 Å². The van der Waals surface area contributed by atoms with Crippen LogP contribution in [0, 0.1) is 10.1 Å². The highest BCUT2D eigenvalue weighted by Gasteiger charge is 2.11. The molecule has 0 bridgehead atoms. The maximum absolute atomic E-state index is 10.9. The molecule has 19 heavy (non-hydrogen) atoms. The van der Waals surface area contributed by atoms with E-state index in [2.05, 4.69) is 0 Å². The van der Waals surface area contributed by atoms with E-state index < -0.39 is 4.92 Å². The van der Waals surface area contributed by atoms with Gasteiger partial charge in [0, 0.05) is 6.07 Å². The molecule has 96 valence electrons. The monoisotopic (exact) mass is 277 g/mol. The molecule has 0 aliphatic rings. The van der Waals surface area contributed by atoms with Gasteiger partial charge in [-0.05, 0) is 18.2 Å². The number of rotatable bonds is 4. The number of non-ortho nitro benzene ring substituents is 1. The molecule has 0 aliphatic heterocycles. The van der Waals surface area contributed by atoms with Crippen LogP contribution in [0.25, 0.3) is 0 Å². The average Bonchev–Trinajstić information content (AvgIpc) is 2.41. The molecule has 2 aromatic rings. The summed E-state index contributed by atoms with van der Waals surface area (Å²) in [7, 11) is 0. The first-order chi connectivity index (χ1) is 9.11. The lowest BCUT2D eigenvalue weighted by Gasteiger charge is -2.09. The van der Waals surface area contributed by atoms with Gasteiger partial charge in [0.1, 0.15) is 5.75 Å². The fourth-order valence-corrected chi connectivity index (χ4v) is 1.72. The smallest absolute Gasteiger partial charge is 0.273 e. The van der Waals surface area contributed by atoms with Gasteiger partial charge < -0.3 is 4.74 Å². The van der Waals surface area contributed by atoms with E-state index in [1.807, 2.05) is 0 Å². The molecule has 0 heterocycles. The molecule has 0 N–H and O–H groups in total. The fraction of sp³-hybridized carbons (Fsp3) is 0. The lowest BCUT2D eigenvalue weighted by molar-refractivity contribution is -0.384. The Morgan fingerprint density at radius 2 is 1.95 bits per heavy atom. The first-order valence-electron chi connectivity index (χ1n) is 5.28. The van der Waals surface area contributed by atoms with Crippen molar-refractivity contribution in [3.05, 3.63) is 63.2 Å². The van der Waals surface area contributed by atoms with Crippen LogP contribution in [0.2, 0.25) is 5.02 Å². The molecule has 0 aliphatic carbocycles. The average molecular weight is 278 g/mol. The zero-order valence-corrected chi connectivity index (χ0v) is 10.3. The number of ether oxygens (including phenoxy) is 1. The zero-order valence-electron chi connectivity index (χ0n) is 9.58. The maximum atomic E-state index is 10.9. The summed E-state index contributed by atoms with van der Waals surface area (Å²) in [5, 5.41) is 10.9. The number of benzene rings is 2.